The zero-order chi connectivity index (χ0) is 11.5. The van der Waals surface area contributed by atoms with E-state index in [1.54, 1.807) is 0 Å². The molecule has 1 aliphatic heterocycles. The van der Waals surface area contributed by atoms with E-state index in [1.165, 1.54) is 11.1 Å². The molecular formula is C14H21NO. The Kier molecular flexibility index (Phi) is 3.62. The first kappa shape index (κ1) is 11.6. The Morgan fingerprint density at radius 3 is 2.44 bits per heavy atom. The fourth-order valence-corrected chi connectivity index (χ4v) is 2.44. The van der Waals surface area contributed by atoms with Crippen molar-refractivity contribution < 1.29 is 4.74 Å². The van der Waals surface area contributed by atoms with Gasteiger partial charge in [0.15, 0.2) is 0 Å². The first-order valence-corrected chi connectivity index (χ1v) is 6.07. The van der Waals surface area contributed by atoms with Gasteiger partial charge in [-0.2, -0.15) is 0 Å². The maximum Gasteiger partial charge on any atom is 0.0678 e. The Bertz CT molecular complexity index is 340. The summed E-state index contributed by atoms with van der Waals surface area (Å²) in [7, 11) is 0. The molecule has 16 heavy (non-hydrogen) atoms. The zero-order valence-corrected chi connectivity index (χ0v) is 10.4. The van der Waals surface area contributed by atoms with Gasteiger partial charge in [0.25, 0.3) is 0 Å². The summed E-state index contributed by atoms with van der Waals surface area (Å²) in [4.78, 5) is 2.49. The Morgan fingerprint density at radius 2 is 1.81 bits per heavy atom. The summed E-state index contributed by atoms with van der Waals surface area (Å²) in [5.41, 5.74) is 2.82. The van der Waals surface area contributed by atoms with Gasteiger partial charge < -0.3 is 4.74 Å². The molecule has 2 rings (SSSR count). The summed E-state index contributed by atoms with van der Waals surface area (Å²) in [6.45, 7) is 9.62. The molecule has 2 heteroatoms. The molecule has 0 aromatic heterocycles. The number of ether oxygens (including phenoxy) is 1. The van der Waals surface area contributed by atoms with Crippen molar-refractivity contribution in [3.8, 4) is 0 Å². The molecule has 0 saturated carbocycles. The fourth-order valence-electron chi connectivity index (χ4n) is 2.44. The molecule has 0 N–H and O–H groups in total. The predicted molar refractivity (Wildman–Crippen MR) is 66.5 cm³/mol. The van der Waals surface area contributed by atoms with Crippen molar-refractivity contribution in [1.82, 2.24) is 4.90 Å². The molecule has 2 nitrogen and oxygen atoms in total. The molecule has 1 aromatic carbocycles. The number of nitrogens with zero attached hydrogens (tertiary/aromatic N) is 1. The van der Waals surface area contributed by atoms with E-state index in [4.69, 9.17) is 4.74 Å². The number of morpholine rings is 1. The first-order valence-electron chi connectivity index (χ1n) is 6.07. The first-order chi connectivity index (χ1) is 7.65. The second-order valence-corrected chi connectivity index (χ2v) is 4.88. The van der Waals surface area contributed by atoms with E-state index >= 15 is 0 Å². The van der Waals surface area contributed by atoms with E-state index in [9.17, 15) is 0 Å². The quantitative estimate of drug-likeness (QED) is 0.758. The van der Waals surface area contributed by atoms with Gasteiger partial charge in [0, 0.05) is 19.6 Å². The number of rotatable bonds is 2. The zero-order valence-electron chi connectivity index (χ0n) is 10.4. The minimum absolute atomic E-state index is 0.354. The predicted octanol–water partition coefficient (Wildman–Crippen LogP) is 2.60. The largest absolute Gasteiger partial charge is 0.373 e. The molecule has 0 amide bonds. The number of hydrogen-bond acceptors (Lipinski definition) is 2. The van der Waals surface area contributed by atoms with Crippen LogP contribution in [0, 0.1) is 6.92 Å². The van der Waals surface area contributed by atoms with Crippen LogP contribution in [0.5, 0.6) is 0 Å². The SMILES string of the molecule is Cc1ccccc1CN1C[C@H](C)O[C@@H](C)C1. The number of hydrogen-bond donors (Lipinski definition) is 0. The fraction of sp³-hybridized carbons (Fsp3) is 0.571. The molecule has 1 heterocycles. The van der Waals surface area contributed by atoms with Crippen molar-refractivity contribution in [2.75, 3.05) is 13.1 Å². The lowest BCUT2D eigenvalue weighted by atomic mass is 10.1. The summed E-state index contributed by atoms with van der Waals surface area (Å²) in [6, 6.07) is 8.63. The van der Waals surface area contributed by atoms with Crippen molar-refractivity contribution >= 4 is 0 Å². The summed E-state index contributed by atoms with van der Waals surface area (Å²) in [5, 5.41) is 0. The molecule has 88 valence electrons. The molecule has 0 bridgehead atoms. The van der Waals surface area contributed by atoms with Gasteiger partial charge in [-0.15, -0.1) is 0 Å². The lowest BCUT2D eigenvalue weighted by Crippen LogP contribution is -2.44. The van der Waals surface area contributed by atoms with Crippen LogP contribution >= 0.6 is 0 Å². The van der Waals surface area contributed by atoms with Gasteiger partial charge in [0.2, 0.25) is 0 Å². The number of aryl methyl sites for hydroxylation is 1. The smallest absolute Gasteiger partial charge is 0.0678 e. The van der Waals surface area contributed by atoms with Crippen molar-refractivity contribution in [3.05, 3.63) is 35.4 Å². The lowest BCUT2D eigenvalue weighted by Gasteiger charge is -2.35. The molecule has 2 atom stereocenters. The highest BCUT2D eigenvalue weighted by atomic mass is 16.5. The maximum atomic E-state index is 5.74. The summed E-state index contributed by atoms with van der Waals surface area (Å²) in [5.74, 6) is 0. The minimum Gasteiger partial charge on any atom is -0.373 e. The Labute approximate surface area is 98.2 Å². The third-order valence-corrected chi connectivity index (χ3v) is 3.15. The third-order valence-electron chi connectivity index (χ3n) is 3.15. The van der Waals surface area contributed by atoms with Crippen LogP contribution in [-0.4, -0.2) is 30.2 Å². The van der Waals surface area contributed by atoms with Gasteiger partial charge in [-0.05, 0) is 31.9 Å². The van der Waals surface area contributed by atoms with Crippen LogP contribution in [0.25, 0.3) is 0 Å². The third kappa shape index (κ3) is 2.83. The van der Waals surface area contributed by atoms with Crippen LogP contribution in [0.2, 0.25) is 0 Å². The highest BCUT2D eigenvalue weighted by Gasteiger charge is 2.22. The average Bonchev–Trinajstić information content (AvgIpc) is 2.20. The van der Waals surface area contributed by atoms with Crippen molar-refractivity contribution in [2.45, 2.75) is 39.5 Å². The molecule has 0 radical (unpaired) electrons. The van der Waals surface area contributed by atoms with Gasteiger partial charge >= 0.3 is 0 Å². The molecule has 0 aliphatic carbocycles. The van der Waals surface area contributed by atoms with Crippen LogP contribution < -0.4 is 0 Å². The molecule has 1 fully saturated rings. The highest BCUT2D eigenvalue weighted by Crippen LogP contribution is 2.16. The van der Waals surface area contributed by atoms with Crippen molar-refractivity contribution in [1.29, 1.82) is 0 Å². The number of benzene rings is 1. The molecule has 1 aliphatic rings. The van der Waals surface area contributed by atoms with Gasteiger partial charge in [-0.1, -0.05) is 24.3 Å². The maximum absolute atomic E-state index is 5.74. The minimum atomic E-state index is 0.354. The topological polar surface area (TPSA) is 12.5 Å². The van der Waals surface area contributed by atoms with E-state index in [2.05, 4.69) is 49.9 Å². The van der Waals surface area contributed by atoms with Crippen LogP contribution in [0.3, 0.4) is 0 Å². The van der Waals surface area contributed by atoms with Crippen molar-refractivity contribution in [3.63, 3.8) is 0 Å². The Morgan fingerprint density at radius 1 is 1.19 bits per heavy atom. The average molecular weight is 219 g/mol. The van der Waals surface area contributed by atoms with E-state index in [0.717, 1.165) is 19.6 Å². The highest BCUT2D eigenvalue weighted by molar-refractivity contribution is 5.25. The van der Waals surface area contributed by atoms with Gasteiger partial charge in [-0.3, -0.25) is 4.90 Å². The standard InChI is InChI=1S/C14H21NO/c1-11-6-4-5-7-14(11)10-15-8-12(2)16-13(3)9-15/h4-7,12-13H,8-10H2,1-3H3/t12-,13-/m0/s1. The Balaban J connectivity index is 2.02. The van der Waals surface area contributed by atoms with E-state index in [1.807, 2.05) is 0 Å². The second-order valence-electron chi connectivity index (χ2n) is 4.88. The van der Waals surface area contributed by atoms with Gasteiger partial charge in [0.05, 0.1) is 12.2 Å². The van der Waals surface area contributed by atoms with Crippen LogP contribution in [0.15, 0.2) is 24.3 Å². The summed E-state index contributed by atoms with van der Waals surface area (Å²) >= 11 is 0. The van der Waals surface area contributed by atoms with Gasteiger partial charge in [0.1, 0.15) is 0 Å². The summed E-state index contributed by atoms with van der Waals surface area (Å²) < 4.78 is 5.74. The normalized spacial score (nSPS) is 26.9. The monoisotopic (exact) mass is 219 g/mol. The molecule has 0 spiro atoms. The second kappa shape index (κ2) is 4.98. The van der Waals surface area contributed by atoms with E-state index in [-0.39, 0.29) is 0 Å². The molecule has 1 aromatic rings. The van der Waals surface area contributed by atoms with Crippen molar-refractivity contribution in [2.24, 2.45) is 0 Å². The van der Waals surface area contributed by atoms with Crippen LogP contribution in [-0.2, 0) is 11.3 Å². The molecule has 0 unspecified atom stereocenters. The molecular weight excluding hydrogens is 198 g/mol. The Hall–Kier alpha value is -0.860. The van der Waals surface area contributed by atoms with Crippen LogP contribution in [0.4, 0.5) is 0 Å². The van der Waals surface area contributed by atoms with E-state index < -0.39 is 0 Å². The summed E-state index contributed by atoms with van der Waals surface area (Å²) in [6.07, 6.45) is 0.709. The lowest BCUT2D eigenvalue weighted by molar-refractivity contribution is -0.0705. The van der Waals surface area contributed by atoms with Crippen LogP contribution in [0.1, 0.15) is 25.0 Å². The molecule has 1 saturated heterocycles. The van der Waals surface area contributed by atoms with Gasteiger partial charge in [-0.25, -0.2) is 0 Å². The van der Waals surface area contributed by atoms with E-state index in [0.29, 0.717) is 12.2 Å².